The Labute approximate surface area is 152 Å². The number of nitrogens with one attached hydrogen (secondary N) is 1. The van der Waals surface area contributed by atoms with Gasteiger partial charge in [0.2, 0.25) is 17.6 Å². The highest BCUT2D eigenvalue weighted by Crippen LogP contribution is 2.35. The van der Waals surface area contributed by atoms with Crippen molar-refractivity contribution in [1.82, 2.24) is 9.97 Å². The van der Waals surface area contributed by atoms with Gasteiger partial charge < -0.3 is 16.0 Å². The zero-order valence-electron chi connectivity index (χ0n) is 15.3. The standard InChI is InChI=1S/C18H24N6O2/c1-11-5-4-6-14(8-11)20-18-21-16(19)15(24(25)26)17(22-18)23-9-12(2)7-13(3)10-23/h4-6,8,12-13H,7,9-10H2,1-3H3,(H3,19,20,21,22)/t12-,13-/m0/s1. The van der Waals surface area contributed by atoms with Crippen LogP contribution in [-0.4, -0.2) is 28.0 Å². The monoisotopic (exact) mass is 356 g/mol. The van der Waals surface area contributed by atoms with Crippen LogP contribution in [0.3, 0.4) is 0 Å². The molecule has 3 rings (SSSR count). The van der Waals surface area contributed by atoms with Gasteiger partial charge in [0.1, 0.15) is 0 Å². The van der Waals surface area contributed by atoms with Crippen molar-refractivity contribution in [3.63, 3.8) is 0 Å². The lowest BCUT2D eigenvalue weighted by atomic mass is 9.92. The molecule has 0 bridgehead atoms. The highest BCUT2D eigenvalue weighted by atomic mass is 16.6. The van der Waals surface area contributed by atoms with Gasteiger partial charge in [-0.3, -0.25) is 10.1 Å². The number of anilines is 4. The number of aromatic nitrogens is 2. The van der Waals surface area contributed by atoms with Gasteiger partial charge in [-0.1, -0.05) is 26.0 Å². The van der Waals surface area contributed by atoms with E-state index in [1.807, 2.05) is 36.1 Å². The Balaban J connectivity index is 2.00. The fourth-order valence-corrected chi connectivity index (χ4v) is 3.60. The molecule has 1 fully saturated rings. The Bertz CT molecular complexity index is 815. The molecule has 1 saturated heterocycles. The maximum atomic E-state index is 11.6. The molecular formula is C18H24N6O2. The number of nitrogens with two attached hydrogens (primary N) is 1. The lowest BCUT2D eigenvalue weighted by molar-refractivity contribution is -0.383. The SMILES string of the molecule is Cc1cccc(Nc2nc(N)c([N+](=O)[O-])c(N3C[C@@H](C)C[C@H](C)C3)n2)c1. The van der Waals surface area contributed by atoms with E-state index in [0.717, 1.165) is 17.7 Å². The second-order valence-electron chi connectivity index (χ2n) is 7.21. The average Bonchev–Trinajstić information content (AvgIpc) is 2.53. The van der Waals surface area contributed by atoms with E-state index >= 15 is 0 Å². The van der Waals surface area contributed by atoms with Gasteiger partial charge in [0.15, 0.2) is 0 Å². The lowest BCUT2D eigenvalue weighted by Crippen LogP contribution is -2.39. The van der Waals surface area contributed by atoms with Crippen LogP contribution in [0.15, 0.2) is 24.3 Å². The Morgan fingerprint density at radius 3 is 2.58 bits per heavy atom. The van der Waals surface area contributed by atoms with Gasteiger partial charge in [-0.25, -0.2) is 0 Å². The molecule has 0 aliphatic carbocycles. The summed E-state index contributed by atoms with van der Waals surface area (Å²) in [5, 5.41) is 14.7. The van der Waals surface area contributed by atoms with Crippen LogP contribution in [0.2, 0.25) is 0 Å². The normalized spacial score (nSPS) is 20.0. The molecule has 2 atom stereocenters. The molecular weight excluding hydrogens is 332 g/mol. The maximum Gasteiger partial charge on any atom is 0.353 e. The van der Waals surface area contributed by atoms with E-state index in [0.29, 0.717) is 24.9 Å². The lowest BCUT2D eigenvalue weighted by Gasteiger charge is -2.35. The minimum Gasteiger partial charge on any atom is -0.378 e. The summed E-state index contributed by atoms with van der Waals surface area (Å²) in [6, 6.07) is 7.74. The van der Waals surface area contributed by atoms with Gasteiger partial charge in [0.25, 0.3) is 0 Å². The summed E-state index contributed by atoms with van der Waals surface area (Å²) in [5.74, 6) is 1.29. The molecule has 2 heterocycles. The first-order valence-corrected chi connectivity index (χ1v) is 8.74. The molecule has 8 nitrogen and oxygen atoms in total. The van der Waals surface area contributed by atoms with Crippen molar-refractivity contribution < 1.29 is 4.92 Å². The predicted octanol–water partition coefficient (Wildman–Crippen LogP) is 3.50. The number of nitrogen functional groups attached to an aromatic ring is 1. The number of rotatable bonds is 4. The van der Waals surface area contributed by atoms with Gasteiger partial charge in [0.05, 0.1) is 4.92 Å². The first kappa shape index (κ1) is 17.9. The molecule has 0 amide bonds. The number of hydrogen-bond donors (Lipinski definition) is 2. The number of aryl methyl sites for hydroxylation is 1. The molecule has 2 aromatic rings. The van der Waals surface area contributed by atoms with E-state index in [4.69, 9.17) is 5.73 Å². The summed E-state index contributed by atoms with van der Waals surface area (Å²) in [4.78, 5) is 21.6. The highest BCUT2D eigenvalue weighted by Gasteiger charge is 2.31. The topological polar surface area (TPSA) is 110 Å². The van der Waals surface area contributed by atoms with E-state index < -0.39 is 4.92 Å². The highest BCUT2D eigenvalue weighted by molar-refractivity contribution is 5.72. The quantitative estimate of drug-likeness (QED) is 0.637. The summed E-state index contributed by atoms with van der Waals surface area (Å²) in [6.07, 6.45) is 1.10. The van der Waals surface area contributed by atoms with Crippen molar-refractivity contribution in [3.05, 3.63) is 39.9 Å². The maximum absolute atomic E-state index is 11.6. The smallest absolute Gasteiger partial charge is 0.353 e. The minimum absolute atomic E-state index is 0.124. The molecule has 1 aliphatic rings. The zero-order valence-corrected chi connectivity index (χ0v) is 15.3. The van der Waals surface area contributed by atoms with Gasteiger partial charge in [-0.05, 0) is 42.9 Å². The summed E-state index contributed by atoms with van der Waals surface area (Å²) in [6.45, 7) is 7.70. The van der Waals surface area contributed by atoms with Crippen molar-refractivity contribution in [3.8, 4) is 0 Å². The molecule has 0 unspecified atom stereocenters. The first-order valence-electron chi connectivity index (χ1n) is 8.74. The number of piperidine rings is 1. The number of hydrogen-bond acceptors (Lipinski definition) is 7. The van der Waals surface area contributed by atoms with Crippen LogP contribution in [-0.2, 0) is 0 Å². The molecule has 3 N–H and O–H groups in total. The Hall–Kier alpha value is -2.90. The predicted molar refractivity (Wildman–Crippen MR) is 103 cm³/mol. The molecule has 0 spiro atoms. The molecule has 8 heteroatoms. The Morgan fingerprint density at radius 2 is 1.96 bits per heavy atom. The second-order valence-corrected chi connectivity index (χ2v) is 7.21. The van der Waals surface area contributed by atoms with E-state index in [9.17, 15) is 10.1 Å². The van der Waals surface area contributed by atoms with Crippen LogP contribution in [0.4, 0.5) is 29.0 Å². The van der Waals surface area contributed by atoms with Gasteiger partial charge in [0, 0.05) is 18.8 Å². The third-order valence-corrected chi connectivity index (χ3v) is 4.52. The number of benzene rings is 1. The second kappa shape index (κ2) is 7.15. The van der Waals surface area contributed by atoms with Crippen molar-refractivity contribution in [2.24, 2.45) is 11.8 Å². The van der Waals surface area contributed by atoms with Crippen molar-refractivity contribution in [2.75, 3.05) is 29.0 Å². The van der Waals surface area contributed by atoms with Crippen LogP contribution >= 0.6 is 0 Å². The Morgan fingerprint density at radius 1 is 1.27 bits per heavy atom. The van der Waals surface area contributed by atoms with E-state index in [1.165, 1.54) is 0 Å². The molecule has 1 aromatic carbocycles. The fraction of sp³-hybridized carbons (Fsp3) is 0.444. The van der Waals surface area contributed by atoms with Crippen molar-refractivity contribution in [2.45, 2.75) is 27.2 Å². The molecule has 1 aliphatic heterocycles. The van der Waals surface area contributed by atoms with Crippen molar-refractivity contribution in [1.29, 1.82) is 0 Å². The molecule has 26 heavy (non-hydrogen) atoms. The van der Waals surface area contributed by atoms with Crippen LogP contribution in [0.5, 0.6) is 0 Å². The molecule has 0 radical (unpaired) electrons. The first-order chi connectivity index (χ1) is 12.3. The third-order valence-electron chi connectivity index (χ3n) is 4.52. The van der Waals surface area contributed by atoms with E-state index in [1.54, 1.807) is 0 Å². The molecule has 138 valence electrons. The van der Waals surface area contributed by atoms with Gasteiger partial charge >= 0.3 is 5.69 Å². The van der Waals surface area contributed by atoms with Gasteiger partial charge in [-0.2, -0.15) is 9.97 Å². The number of nitrogens with zero attached hydrogens (tertiary/aromatic N) is 4. The summed E-state index contributed by atoms with van der Waals surface area (Å²) in [5.41, 5.74) is 7.60. The number of nitro groups is 1. The van der Waals surface area contributed by atoms with Crippen LogP contribution < -0.4 is 16.0 Å². The van der Waals surface area contributed by atoms with E-state index in [-0.39, 0.29) is 23.3 Å². The largest absolute Gasteiger partial charge is 0.378 e. The van der Waals surface area contributed by atoms with Crippen LogP contribution in [0.1, 0.15) is 25.8 Å². The molecule has 1 aromatic heterocycles. The van der Waals surface area contributed by atoms with Gasteiger partial charge in [-0.15, -0.1) is 0 Å². The van der Waals surface area contributed by atoms with Crippen LogP contribution in [0, 0.1) is 28.9 Å². The minimum atomic E-state index is -0.495. The summed E-state index contributed by atoms with van der Waals surface area (Å²) < 4.78 is 0. The summed E-state index contributed by atoms with van der Waals surface area (Å²) in [7, 11) is 0. The Kier molecular flexibility index (Phi) is 4.92. The fourth-order valence-electron chi connectivity index (χ4n) is 3.60. The van der Waals surface area contributed by atoms with Crippen molar-refractivity contribution >= 4 is 29.0 Å². The zero-order chi connectivity index (χ0) is 18.8. The van der Waals surface area contributed by atoms with E-state index in [2.05, 4.69) is 29.1 Å². The summed E-state index contributed by atoms with van der Waals surface area (Å²) >= 11 is 0. The van der Waals surface area contributed by atoms with Crippen LogP contribution in [0.25, 0.3) is 0 Å². The third kappa shape index (κ3) is 3.84. The average molecular weight is 356 g/mol. The molecule has 0 saturated carbocycles.